The zero-order valence-electron chi connectivity index (χ0n) is 5.52. The van der Waals surface area contributed by atoms with Crippen LogP contribution in [0, 0.1) is 0 Å². The van der Waals surface area contributed by atoms with Gasteiger partial charge in [0.1, 0.15) is 0 Å². The summed E-state index contributed by atoms with van der Waals surface area (Å²) in [7, 11) is 0. The van der Waals surface area contributed by atoms with E-state index in [0.717, 1.165) is 0 Å². The summed E-state index contributed by atoms with van der Waals surface area (Å²) in [5.74, 6) is 5.48. The summed E-state index contributed by atoms with van der Waals surface area (Å²) in [5.41, 5.74) is 8.19. The molecule has 64 valence electrons. The van der Waals surface area contributed by atoms with Gasteiger partial charge in [-0.15, -0.1) is 29.9 Å². The van der Waals surface area contributed by atoms with Crippen LogP contribution in [0.4, 0.5) is 11.5 Å². The van der Waals surface area contributed by atoms with E-state index in [1.807, 2.05) is 0 Å². The Kier molecular flexibility index (Phi) is 6.97. The lowest BCUT2D eigenvalue weighted by Gasteiger charge is -1.95. The molecule has 0 amide bonds. The number of hydrogen-bond donors (Lipinski definition) is 3. The molecule has 0 bridgehead atoms. The number of anilines is 2. The van der Waals surface area contributed by atoms with Crippen molar-refractivity contribution in [1.29, 1.82) is 0 Å². The van der Waals surface area contributed by atoms with E-state index in [1.165, 1.54) is 6.20 Å². The first kappa shape index (κ1) is 12.9. The zero-order chi connectivity index (χ0) is 6.69. The molecule has 5 nitrogen and oxygen atoms in total. The molecule has 0 radical (unpaired) electrons. The number of nitrogen functional groups attached to an aromatic ring is 2. The maximum absolute atomic E-state index is 5.34. The van der Waals surface area contributed by atoms with Crippen LogP contribution in [0.25, 0.3) is 0 Å². The SMILES string of the molecule is Cl.Cl.NNc1cc(N)cnn1. The molecule has 1 rings (SSSR count). The Labute approximate surface area is 76.3 Å². The average Bonchev–Trinajstić information content (AvgIpc) is 1.88. The Hall–Kier alpha value is -0.780. The summed E-state index contributed by atoms with van der Waals surface area (Å²) in [5, 5.41) is 7.13. The molecule has 1 heterocycles. The van der Waals surface area contributed by atoms with Crippen molar-refractivity contribution in [2.75, 3.05) is 11.2 Å². The molecule has 0 saturated heterocycles. The minimum atomic E-state index is 0. The summed E-state index contributed by atoms with van der Waals surface area (Å²) < 4.78 is 0. The van der Waals surface area contributed by atoms with Gasteiger partial charge in [-0.25, -0.2) is 5.84 Å². The van der Waals surface area contributed by atoms with Crippen molar-refractivity contribution in [3.63, 3.8) is 0 Å². The number of hydrazine groups is 1. The fraction of sp³-hybridized carbons (Fsp3) is 0. The molecule has 1 aromatic rings. The van der Waals surface area contributed by atoms with Crippen molar-refractivity contribution >= 4 is 36.3 Å². The second-order valence-corrected chi connectivity index (χ2v) is 1.52. The third-order valence-electron chi connectivity index (χ3n) is 0.824. The lowest BCUT2D eigenvalue weighted by Crippen LogP contribution is -2.09. The summed E-state index contributed by atoms with van der Waals surface area (Å²) in [6.07, 6.45) is 1.45. The van der Waals surface area contributed by atoms with Gasteiger partial charge in [-0.2, -0.15) is 5.10 Å². The summed E-state index contributed by atoms with van der Waals surface area (Å²) in [6.45, 7) is 0. The first-order valence-electron chi connectivity index (χ1n) is 2.38. The molecule has 0 aromatic carbocycles. The number of nitrogens with two attached hydrogens (primary N) is 2. The minimum Gasteiger partial charge on any atom is -0.397 e. The fourth-order valence-corrected chi connectivity index (χ4v) is 0.452. The highest BCUT2D eigenvalue weighted by Crippen LogP contribution is 2.02. The zero-order valence-corrected chi connectivity index (χ0v) is 7.15. The molecule has 11 heavy (non-hydrogen) atoms. The van der Waals surface area contributed by atoms with Crippen LogP contribution >= 0.6 is 24.8 Å². The fourth-order valence-electron chi connectivity index (χ4n) is 0.452. The summed E-state index contributed by atoms with van der Waals surface area (Å²) in [6, 6.07) is 1.59. The largest absolute Gasteiger partial charge is 0.397 e. The molecule has 0 fully saturated rings. The van der Waals surface area contributed by atoms with Gasteiger partial charge < -0.3 is 11.2 Å². The van der Waals surface area contributed by atoms with Crippen molar-refractivity contribution in [2.45, 2.75) is 0 Å². The molecule has 0 aliphatic carbocycles. The minimum absolute atomic E-state index is 0. The Bertz CT molecular complexity index is 205. The van der Waals surface area contributed by atoms with Gasteiger partial charge in [0, 0.05) is 6.07 Å². The Balaban J connectivity index is 0. The van der Waals surface area contributed by atoms with E-state index in [-0.39, 0.29) is 24.8 Å². The Morgan fingerprint density at radius 2 is 2.00 bits per heavy atom. The van der Waals surface area contributed by atoms with Crippen LogP contribution in [0.1, 0.15) is 0 Å². The quantitative estimate of drug-likeness (QED) is 0.442. The van der Waals surface area contributed by atoms with Crippen LogP contribution in [0.5, 0.6) is 0 Å². The second kappa shape index (κ2) is 5.96. The number of nitrogens with zero attached hydrogens (tertiary/aromatic N) is 2. The smallest absolute Gasteiger partial charge is 0.164 e. The third-order valence-corrected chi connectivity index (χ3v) is 0.824. The summed E-state index contributed by atoms with van der Waals surface area (Å²) >= 11 is 0. The van der Waals surface area contributed by atoms with E-state index in [1.54, 1.807) is 6.07 Å². The van der Waals surface area contributed by atoms with Gasteiger partial charge >= 0.3 is 0 Å². The monoisotopic (exact) mass is 197 g/mol. The van der Waals surface area contributed by atoms with Gasteiger partial charge in [-0.1, -0.05) is 0 Å². The molecule has 0 atom stereocenters. The van der Waals surface area contributed by atoms with Crippen LogP contribution in [0.15, 0.2) is 12.3 Å². The highest BCUT2D eigenvalue weighted by Gasteiger charge is 1.88. The van der Waals surface area contributed by atoms with Crippen LogP contribution < -0.4 is 17.0 Å². The Morgan fingerprint density at radius 1 is 1.36 bits per heavy atom. The highest BCUT2D eigenvalue weighted by molar-refractivity contribution is 5.85. The lowest BCUT2D eigenvalue weighted by atomic mass is 10.5. The average molecular weight is 198 g/mol. The van der Waals surface area contributed by atoms with E-state index >= 15 is 0 Å². The lowest BCUT2D eigenvalue weighted by molar-refractivity contribution is 1.02. The van der Waals surface area contributed by atoms with E-state index in [2.05, 4.69) is 15.6 Å². The number of halogens is 2. The van der Waals surface area contributed by atoms with Gasteiger partial charge in [0.05, 0.1) is 11.9 Å². The number of hydrogen-bond acceptors (Lipinski definition) is 5. The topological polar surface area (TPSA) is 89.8 Å². The van der Waals surface area contributed by atoms with Gasteiger partial charge in [-0.05, 0) is 0 Å². The van der Waals surface area contributed by atoms with E-state index in [9.17, 15) is 0 Å². The van der Waals surface area contributed by atoms with Crippen LogP contribution in [0.2, 0.25) is 0 Å². The van der Waals surface area contributed by atoms with Crippen LogP contribution in [0.3, 0.4) is 0 Å². The molecule has 0 spiro atoms. The van der Waals surface area contributed by atoms with Crippen molar-refractivity contribution in [3.8, 4) is 0 Å². The number of rotatable bonds is 1. The maximum atomic E-state index is 5.34. The standard InChI is InChI=1S/C4H7N5.2ClH/c5-3-1-4(8-6)9-7-2-3;;/h1-2H,6H2,(H3,5,8,9);2*1H. The number of aromatic nitrogens is 2. The molecule has 7 heteroatoms. The summed E-state index contributed by atoms with van der Waals surface area (Å²) in [4.78, 5) is 0. The first-order valence-corrected chi connectivity index (χ1v) is 2.38. The van der Waals surface area contributed by atoms with Crippen molar-refractivity contribution < 1.29 is 0 Å². The molecule has 0 aliphatic heterocycles. The molecule has 5 N–H and O–H groups in total. The van der Waals surface area contributed by atoms with Gasteiger partial charge in [0.15, 0.2) is 5.82 Å². The molecule has 0 unspecified atom stereocenters. The maximum Gasteiger partial charge on any atom is 0.164 e. The highest BCUT2D eigenvalue weighted by atomic mass is 35.5. The second-order valence-electron chi connectivity index (χ2n) is 1.52. The third kappa shape index (κ3) is 3.82. The molecular weight excluding hydrogens is 189 g/mol. The van der Waals surface area contributed by atoms with Crippen molar-refractivity contribution in [3.05, 3.63) is 12.3 Å². The number of nitrogens with one attached hydrogen (secondary N) is 1. The molecule has 1 aromatic heterocycles. The normalized spacial score (nSPS) is 7.36. The molecule has 0 saturated carbocycles. The molecular formula is C4H9Cl2N5. The van der Waals surface area contributed by atoms with Gasteiger partial charge in [0.2, 0.25) is 0 Å². The predicted octanol–water partition coefficient (Wildman–Crippen LogP) is 0.188. The van der Waals surface area contributed by atoms with Gasteiger partial charge in [-0.3, -0.25) is 0 Å². The van der Waals surface area contributed by atoms with E-state index in [4.69, 9.17) is 11.6 Å². The van der Waals surface area contributed by atoms with E-state index in [0.29, 0.717) is 11.5 Å². The van der Waals surface area contributed by atoms with Crippen molar-refractivity contribution in [1.82, 2.24) is 10.2 Å². The predicted molar refractivity (Wildman–Crippen MR) is 48.8 cm³/mol. The van der Waals surface area contributed by atoms with Gasteiger partial charge in [0.25, 0.3) is 0 Å². The first-order chi connectivity index (χ1) is 4.33. The van der Waals surface area contributed by atoms with E-state index < -0.39 is 0 Å². The Morgan fingerprint density at radius 3 is 2.36 bits per heavy atom. The molecule has 0 aliphatic rings. The van der Waals surface area contributed by atoms with Crippen molar-refractivity contribution in [2.24, 2.45) is 5.84 Å². The van der Waals surface area contributed by atoms with Crippen LogP contribution in [-0.2, 0) is 0 Å². The van der Waals surface area contributed by atoms with Crippen LogP contribution in [-0.4, -0.2) is 10.2 Å².